The van der Waals surface area contributed by atoms with Crippen molar-refractivity contribution in [3.63, 3.8) is 0 Å². The summed E-state index contributed by atoms with van der Waals surface area (Å²) in [6, 6.07) is 6.84. The summed E-state index contributed by atoms with van der Waals surface area (Å²) in [5, 5.41) is 17.3. The van der Waals surface area contributed by atoms with Crippen molar-refractivity contribution in [2.24, 2.45) is 5.73 Å². The van der Waals surface area contributed by atoms with E-state index < -0.39 is 20.6 Å². The summed E-state index contributed by atoms with van der Waals surface area (Å²) in [6.07, 6.45) is 0. The van der Waals surface area contributed by atoms with Crippen molar-refractivity contribution in [3.05, 3.63) is 52.3 Å². The highest BCUT2D eigenvalue weighted by Crippen LogP contribution is 2.24. The third-order valence-electron chi connectivity index (χ3n) is 2.47. The van der Waals surface area contributed by atoms with E-state index in [4.69, 9.17) is 15.6 Å². The van der Waals surface area contributed by atoms with Crippen molar-refractivity contribution >= 4 is 33.8 Å². The first kappa shape index (κ1) is 16.7. The maximum atomic E-state index is 12.2. The summed E-state index contributed by atoms with van der Waals surface area (Å²) in [6.45, 7) is 0. The Hall–Kier alpha value is -2.39. The number of nitro groups is 1. The van der Waals surface area contributed by atoms with E-state index in [1.54, 1.807) is 0 Å². The average molecular weight is 332 g/mol. The Morgan fingerprint density at radius 3 is 2.19 bits per heavy atom. The first-order valence-electron chi connectivity index (χ1n) is 5.26. The molecule has 1 heterocycles. The minimum absolute atomic E-state index is 0. The lowest BCUT2D eigenvalue weighted by Gasteiger charge is -2.00. The third kappa shape index (κ3) is 3.20. The van der Waals surface area contributed by atoms with Crippen molar-refractivity contribution < 1.29 is 17.8 Å². The van der Waals surface area contributed by atoms with Gasteiger partial charge >= 0.3 is 0 Å². The fourth-order valence-corrected chi connectivity index (χ4v) is 2.65. The third-order valence-corrected chi connectivity index (χ3v) is 4.11. The Bertz CT molecular complexity index is 782. The van der Waals surface area contributed by atoms with Gasteiger partial charge in [0.1, 0.15) is 0 Å². The summed E-state index contributed by atoms with van der Waals surface area (Å²) in [4.78, 5) is 9.74. The lowest BCUT2D eigenvalue weighted by atomic mass is 10.3. The summed E-state index contributed by atoms with van der Waals surface area (Å²) < 4.78 is 29.3. The van der Waals surface area contributed by atoms with E-state index in [0.29, 0.717) is 0 Å². The van der Waals surface area contributed by atoms with Crippen LogP contribution in [-0.2, 0) is 9.84 Å². The highest BCUT2D eigenvalue weighted by atomic mass is 35.5. The number of sulfone groups is 1. The molecule has 1 aromatic heterocycles. The van der Waals surface area contributed by atoms with Gasteiger partial charge in [-0.2, -0.15) is 0 Å². The number of nitro benzene ring substituents is 1. The normalized spacial score (nSPS) is 10.7. The van der Waals surface area contributed by atoms with Gasteiger partial charge in [0.25, 0.3) is 5.69 Å². The largest absolute Gasteiger partial charge is 0.441 e. The van der Waals surface area contributed by atoms with Gasteiger partial charge in [0.2, 0.25) is 14.9 Å². The molecule has 0 bridgehead atoms. The van der Waals surface area contributed by atoms with Crippen LogP contribution in [0.3, 0.4) is 0 Å². The van der Waals surface area contributed by atoms with Crippen LogP contribution in [-0.4, -0.2) is 19.2 Å². The Labute approximate surface area is 125 Å². The Morgan fingerprint density at radius 2 is 1.76 bits per heavy atom. The van der Waals surface area contributed by atoms with E-state index >= 15 is 0 Å². The fraction of sp³-hybridized carbons (Fsp3) is 0. The van der Waals surface area contributed by atoms with Crippen LogP contribution in [0.15, 0.2) is 50.8 Å². The summed E-state index contributed by atoms with van der Waals surface area (Å²) in [5.41, 5.74) is 4.97. The van der Waals surface area contributed by atoms with E-state index in [1.807, 2.05) is 0 Å². The fourth-order valence-electron chi connectivity index (χ4n) is 1.47. The number of nitrogens with two attached hydrogens (primary N) is 1. The van der Waals surface area contributed by atoms with Gasteiger partial charge in [0.15, 0.2) is 11.6 Å². The molecular weight excluding hydrogens is 322 g/mol. The molecule has 21 heavy (non-hydrogen) atoms. The molecule has 10 heteroatoms. The first-order chi connectivity index (χ1) is 9.32. The molecule has 0 aliphatic heterocycles. The Kier molecular flexibility index (Phi) is 4.71. The number of nitrogens with one attached hydrogen (secondary N) is 1. The molecule has 0 atom stereocenters. The molecule has 0 aliphatic carbocycles. The van der Waals surface area contributed by atoms with Gasteiger partial charge in [-0.3, -0.25) is 15.5 Å². The molecule has 0 saturated heterocycles. The second-order valence-corrected chi connectivity index (χ2v) is 5.67. The molecule has 0 amide bonds. The van der Waals surface area contributed by atoms with Gasteiger partial charge in [0.05, 0.1) is 9.82 Å². The molecule has 2 rings (SSSR count). The maximum absolute atomic E-state index is 12.2. The second kappa shape index (κ2) is 5.94. The van der Waals surface area contributed by atoms with Crippen molar-refractivity contribution in [2.75, 3.05) is 0 Å². The molecular formula is C11H10ClN3O5S. The number of benzene rings is 1. The zero-order valence-corrected chi connectivity index (χ0v) is 12.0. The lowest BCUT2D eigenvalue weighted by molar-refractivity contribution is -0.384. The minimum Gasteiger partial charge on any atom is -0.441 e. The van der Waals surface area contributed by atoms with E-state index in [0.717, 1.165) is 24.3 Å². The van der Waals surface area contributed by atoms with E-state index in [1.165, 1.54) is 12.1 Å². The number of amidine groups is 1. The lowest BCUT2D eigenvalue weighted by Crippen LogP contribution is -2.09. The van der Waals surface area contributed by atoms with Crippen molar-refractivity contribution in [1.29, 1.82) is 5.41 Å². The van der Waals surface area contributed by atoms with Crippen LogP contribution >= 0.6 is 12.4 Å². The standard InChI is InChI=1S/C11H9N3O5S.ClH/c12-11(13)9-5-6-10(19-9)20(17,18)8-3-1-7(2-4-8)14(15)16;/h1-6H,(H3,12,13);1H. The van der Waals surface area contributed by atoms with E-state index in [-0.39, 0.29) is 33.8 Å². The predicted octanol–water partition coefficient (Wildman–Crippen LogP) is 1.73. The zero-order chi connectivity index (χ0) is 14.9. The number of nitrogens with zero attached hydrogens (tertiary/aromatic N) is 1. The topological polar surface area (TPSA) is 140 Å². The van der Waals surface area contributed by atoms with Crippen LogP contribution in [0.25, 0.3) is 0 Å². The van der Waals surface area contributed by atoms with Crippen LogP contribution in [0.4, 0.5) is 5.69 Å². The summed E-state index contributed by atoms with van der Waals surface area (Å²) >= 11 is 0. The number of nitrogen functional groups attached to an aromatic ring is 1. The van der Waals surface area contributed by atoms with E-state index in [2.05, 4.69) is 0 Å². The number of non-ortho nitro benzene ring substituents is 1. The maximum Gasteiger partial charge on any atom is 0.269 e. The van der Waals surface area contributed by atoms with Gasteiger partial charge in [-0.1, -0.05) is 0 Å². The number of furan rings is 1. The molecule has 0 spiro atoms. The molecule has 0 fully saturated rings. The zero-order valence-electron chi connectivity index (χ0n) is 10.3. The highest BCUT2D eigenvalue weighted by molar-refractivity contribution is 7.91. The van der Waals surface area contributed by atoms with Gasteiger partial charge in [0, 0.05) is 12.1 Å². The molecule has 1 aromatic carbocycles. The Morgan fingerprint density at radius 1 is 1.19 bits per heavy atom. The van der Waals surface area contributed by atoms with Crippen molar-refractivity contribution in [3.8, 4) is 0 Å². The minimum atomic E-state index is -3.94. The first-order valence-corrected chi connectivity index (χ1v) is 6.74. The molecule has 8 nitrogen and oxygen atoms in total. The second-order valence-electron chi connectivity index (χ2n) is 3.79. The molecule has 0 unspecified atom stereocenters. The predicted molar refractivity (Wildman–Crippen MR) is 75.5 cm³/mol. The molecule has 0 saturated carbocycles. The molecule has 0 aliphatic rings. The van der Waals surface area contributed by atoms with Crippen LogP contribution in [0.2, 0.25) is 0 Å². The number of halogens is 1. The Balaban J connectivity index is 0.00000220. The molecule has 2 aromatic rings. The molecule has 112 valence electrons. The van der Waals surface area contributed by atoms with Crippen molar-refractivity contribution in [2.45, 2.75) is 9.99 Å². The molecule has 3 N–H and O–H groups in total. The number of rotatable bonds is 4. The van der Waals surface area contributed by atoms with Gasteiger partial charge in [-0.15, -0.1) is 12.4 Å². The van der Waals surface area contributed by atoms with Crippen LogP contribution in [0, 0.1) is 15.5 Å². The quantitative estimate of drug-likeness (QED) is 0.378. The summed E-state index contributed by atoms with van der Waals surface area (Å²) in [7, 11) is -3.94. The average Bonchev–Trinajstić information content (AvgIpc) is 2.89. The number of hydrogen-bond donors (Lipinski definition) is 2. The smallest absolute Gasteiger partial charge is 0.269 e. The highest BCUT2D eigenvalue weighted by Gasteiger charge is 2.23. The van der Waals surface area contributed by atoms with Crippen molar-refractivity contribution in [1.82, 2.24) is 0 Å². The van der Waals surface area contributed by atoms with Gasteiger partial charge in [-0.05, 0) is 24.3 Å². The number of hydrogen-bond acceptors (Lipinski definition) is 6. The van der Waals surface area contributed by atoms with Crippen LogP contribution in [0.5, 0.6) is 0 Å². The van der Waals surface area contributed by atoms with E-state index in [9.17, 15) is 18.5 Å². The van der Waals surface area contributed by atoms with Crippen LogP contribution in [0.1, 0.15) is 5.76 Å². The summed E-state index contributed by atoms with van der Waals surface area (Å²) in [5.74, 6) is -0.458. The monoisotopic (exact) mass is 331 g/mol. The van der Waals surface area contributed by atoms with Gasteiger partial charge < -0.3 is 10.2 Å². The molecule has 0 radical (unpaired) electrons. The van der Waals surface area contributed by atoms with Crippen LogP contribution < -0.4 is 5.73 Å². The van der Waals surface area contributed by atoms with Gasteiger partial charge in [-0.25, -0.2) is 8.42 Å². The SMILES string of the molecule is Cl.N=C(N)c1ccc(S(=O)(=O)c2ccc([N+](=O)[O-])cc2)o1.